The Hall–Kier alpha value is -5.11. The molecule has 0 bridgehead atoms. The minimum Gasteiger partial charge on any atom is -0.496 e. The lowest BCUT2D eigenvalue weighted by molar-refractivity contribution is -0.158. The summed E-state index contributed by atoms with van der Waals surface area (Å²) in [5, 5.41) is 13.3. The maximum Gasteiger partial charge on any atom is 0.315 e. The molecule has 0 saturated heterocycles. The molecule has 0 unspecified atom stereocenters. The van der Waals surface area contributed by atoms with Gasteiger partial charge in [-0.2, -0.15) is 0 Å². The Morgan fingerprint density at radius 2 is 1.38 bits per heavy atom. The number of para-hydroxylation sites is 2. The number of rotatable bonds is 8. The van der Waals surface area contributed by atoms with Gasteiger partial charge in [-0.05, 0) is 58.1 Å². The first-order chi connectivity index (χ1) is 20.4. The van der Waals surface area contributed by atoms with E-state index < -0.39 is 35.6 Å². The fourth-order valence-corrected chi connectivity index (χ4v) is 6.32. The molecular weight excluding hydrogens is 534 g/mol. The number of carbonyl (C=O) groups excluding carboxylic acids is 2. The number of hydrogen-bond acceptors (Lipinski definition) is 6. The van der Waals surface area contributed by atoms with Crippen LogP contribution < -0.4 is 19.5 Å². The van der Waals surface area contributed by atoms with E-state index in [1.165, 1.54) is 14.2 Å². The molecular formula is C34H29NO7. The molecule has 6 rings (SSSR count). The smallest absolute Gasteiger partial charge is 0.315 e. The van der Waals surface area contributed by atoms with Gasteiger partial charge in [0.2, 0.25) is 5.91 Å². The summed E-state index contributed by atoms with van der Waals surface area (Å²) in [6, 6.07) is 27.2. The maximum absolute atomic E-state index is 14.0. The summed E-state index contributed by atoms with van der Waals surface area (Å²) in [6.45, 7) is 0. The number of nitrogens with one attached hydrogen (secondary N) is 1. The first kappa shape index (κ1) is 27.1. The van der Waals surface area contributed by atoms with E-state index in [2.05, 4.69) is 5.32 Å². The third-order valence-electron chi connectivity index (χ3n) is 8.22. The monoisotopic (exact) mass is 563 g/mol. The number of amides is 1. The van der Waals surface area contributed by atoms with E-state index in [0.717, 1.165) is 22.4 Å². The molecule has 8 heteroatoms. The lowest BCUT2D eigenvalue weighted by Gasteiger charge is -2.49. The van der Waals surface area contributed by atoms with Crippen molar-refractivity contribution < 1.29 is 33.7 Å². The Morgan fingerprint density at radius 3 is 2.00 bits per heavy atom. The molecule has 1 saturated carbocycles. The van der Waals surface area contributed by atoms with Crippen LogP contribution in [0.1, 0.15) is 28.5 Å². The van der Waals surface area contributed by atoms with Crippen molar-refractivity contribution in [3.63, 3.8) is 0 Å². The molecule has 4 aromatic carbocycles. The largest absolute Gasteiger partial charge is 0.496 e. The van der Waals surface area contributed by atoms with Gasteiger partial charge in [0.05, 0.1) is 32.5 Å². The van der Waals surface area contributed by atoms with Crippen LogP contribution in [0.25, 0.3) is 11.1 Å². The third kappa shape index (κ3) is 4.75. The van der Waals surface area contributed by atoms with Gasteiger partial charge in [0.1, 0.15) is 17.2 Å². The zero-order valence-electron chi connectivity index (χ0n) is 23.1. The van der Waals surface area contributed by atoms with Crippen LogP contribution in [0.3, 0.4) is 0 Å². The number of esters is 1. The number of hydrogen-bond donors (Lipinski definition) is 2. The number of ether oxygens (including phenoxy) is 3. The van der Waals surface area contributed by atoms with Crippen molar-refractivity contribution in [1.29, 1.82) is 0 Å². The molecule has 0 aromatic heterocycles. The minimum absolute atomic E-state index is 0.0424. The molecule has 2 N–H and O–H groups in total. The van der Waals surface area contributed by atoms with Gasteiger partial charge in [0, 0.05) is 17.5 Å². The van der Waals surface area contributed by atoms with Crippen molar-refractivity contribution >= 4 is 23.5 Å². The van der Waals surface area contributed by atoms with Gasteiger partial charge in [0.15, 0.2) is 0 Å². The molecule has 1 heterocycles. The fraction of sp³-hybridized carbons (Fsp3) is 0.206. The quantitative estimate of drug-likeness (QED) is 0.210. The fourth-order valence-electron chi connectivity index (χ4n) is 6.32. The molecule has 0 radical (unpaired) electrons. The van der Waals surface area contributed by atoms with Crippen LogP contribution in [0.5, 0.6) is 17.2 Å². The highest BCUT2D eigenvalue weighted by molar-refractivity contribution is 6.00. The summed E-state index contributed by atoms with van der Waals surface area (Å²) in [4.78, 5) is 38.5. The average molecular weight is 564 g/mol. The SMILES string of the molecule is COc1ccccc1[C@H]1C(C(=O)O)[C@H](c2ccccc2OC)C1C(=O)Oc1cccc(-c2ccc3c(c2)NC(=O)C3)c1. The summed E-state index contributed by atoms with van der Waals surface area (Å²) < 4.78 is 17.1. The Kier molecular flexibility index (Phi) is 7.12. The number of benzene rings is 4. The van der Waals surface area contributed by atoms with Gasteiger partial charge in [-0.25, -0.2) is 0 Å². The van der Waals surface area contributed by atoms with Gasteiger partial charge in [0.25, 0.3) is 0 Å². The Morgan fingerprint density at radius 1 is 0.762 bits per heavy atom. The predicted octanol–water partition coefficient (Wildman–Crippen LogP) is 5.67. The number of carboxylic acid groups (broad SMARTS) is 1. The number of anilines is 1. The van der Waals surface area contributed by atoms with Crippen molar-refractivity contribution in [2.75, 3.05) is 19.5 Å². The second-order valence-electron chi connectivity index (χ2n) is 10.5. The molecule has 8 nitrogen and oxygen atoms in total. The second kappa shape index (κ2) is 11.0. The Labute approximate surface area is 242 Å². The maximum atomic E-state index is 14.0. The molecule has 2 aliphatic rings. The number of carboxylic acids is 1. The lowest BCUT2D eigenvalue weighted by atomic mass is 9.52. The van der Waals surface area contributed by atoms with E-state index in [1.807, 2.05) is 24.3 Å². The third-order valence-corrected chi connectivity index (χ3v) is 8.22. The van der Waals surface area contributed by atoms with Gasteiger partial charge in [-0.1, -0.05) is 60.7 Å². The molecule has 1 aliphatic heterocycles. The first-order valence-corrected chi connectivity index (χ1v) is 13.6. The Balaban J connectivity index is 1.36. The van der Waals surface area contributed by atoms with Crippen molar-refractivity contribution in [2.24, 2.45) is 11.8 Å². The van der Waals surface area contributed by atoms with Crippen LogP contribution in [0.2, 0.25) is 0 Å². The van der Waals surface area contributed by atoms with Crippen molar-refractivity contribution in [1.82, 2.24) is 0 Å². The summed E-state index contributed by atoms with van der Waals surface area (Å²) in [7, 11) is 3.04. The molecule has 42 heavy (non-hydrogen) atoms. The van der Waals surface area contributed by atoms with Crippen LogP contribution in [-0.4, -0.2) is 37.2 Å². The Bertz CT molecular complexity index is 1640. The highest BCUT2D eigenvalue weighted by Crippen LogP contribution is 2.60. The molecule has 2 atom stereocenters. The van der Waals surface area contributed by atoms with Crippen molar-refractivity contribution in [3.05, 3.63) is 108 Å². The van der Waals surface area contributed by atoms with E-state index in [9.17, 15) is 19.5 Å². The van der Waals surface area contributed by atoms with E-state index in [0.29, 0.717) is 34.8 Å². The molecule has 1 amide bonds. The van der Waals surface area contributed by atoms with Gasteiger partial charge in [-0.15, -0.1) is 0 Å². The number of methoxy groups -OCH3 is 2. The van der Waals surface area contributed by atoms with E-state index in [-0.39, 0.29) is 5.91 Å². The molecule has 212 valence electrons. The highest BCUT2D eigenvalue weighted by atomic mass is 16.5. The van der Waals surface area contributed by atoms with Crippen LogP contribution >= 0.6 is 0 Å². The standard InChI is InChI=1S/C34H29NO7/c1-40-26-12-5-3-10-23(26)29-31(33(37)38)30(24-11-4-6-13-27(24)41-2)32(29)34(39)42-22-9-7-8-19(16-22)20-14-15-21-18-28(36)35-25(21)17-20/h3-17,29-32H,18H2,1-2H3,(H,35,36)(H,37,38)/t29-,30-,31?,32?/m0/s1. The van der Waals surface area contributed by atoms with Gasteiger partial charge in [-0.3, -0.25) is 14.4 Å². The molecule has 4 aromatic rings. The van der Waals surface area contributed by atoms with E-state index >= 15 is 0 Å². The van der Waals surface area contributed by atoms with E-state index in [4.69, 9.17) is 14.2 Å². The second-order valence-corrected chi connectivity index (χ2v) is 10.5. The van der Waals surface area contributed by atoms with Gasteiger partial charge >= 0.3 is 11.9 Å². The van der Waals surface area contributed by atoms with Crippen LogP contribution in [-0.2, 0) is 20.8 Å². The highest BCUT2D eigenvalue weighted by Gasteiger charge is 2.60. The predicted molar refractivity (Wildman–Crippen MR) is 156 cm³/mol. The summed E-state index contributed by atoms with van der Waals surface area (Å²) in [6.07, 6.45) is 0.354. The summed E-state index contributed by atoms with van der Waals surface area (Å²) >= 11 is 0. The molecule has 1 aliphatic carbocycles. The lowest BCUT2D eigenvalue weighted by Crippen LogP contribution is -2.52. The van der Waals surface area contributed by atoms with Crippen molar-refractivity contribution in [3.8, 4) is 28.4 Å². The topological polar surface area (TPSA) is 111 Å². The van der Waals surface area contributed by atoms with Gasteiger partial charge < -0.3 is 24.6 Å². The number of fused-ring (bicyclic) bond motifs is 1. The van der Waals surface area contributed by atoms with E-state index in [1.54, 1.807) is 66.7 Å². The minimum atomic E-state index is -1.02. The molecule has 1 fully saturated rings. The normalized spacial score (nSPS) is 20.6. The zero-order valence-corrected chi connectivity index (χ0v) is 23.1. The number of aliphatic carboxylic acids is 1. The average Bonchev–Trinajstić information content (AvgIpc) is 3.36. The zero-order chi connectivity index (χ0) is 29.4. The first-order valence-electron chi connectivity index (χ1n) is 13.6. The van der Waals surface area contributed by atoms with Crippen LogP contribution in [0.4, 0.5) is 5.69 Å². The van der Waals surface area contributed by atoms with Crippen LogP contribution in [0, 0.1) is 11.8 Å². The number of carbonyl (C=O) groups is 3. The van der Waals surface area contributed by atoms with Crippen LogP contribution in [0.15, 0.2) is 91.0 Å². The summed E-state index contributed by atoms with van der Waals surface area (Å²) in [5.74, 6) is -3.37. The van der Waals surface area contributed by atoms with Crippen molar-refractivity contribution in [2.45, 2.75) is 18.3 Å². The summed E-state index contributed by atoms with van der Waals surface area (Å²) in [5.41, 5.74) is 4.65. The molecule has 0 spiro atoms.